The third-order valence-corrected chi connectivity index (χ3v) is 2.61. The highest BCUT2D eigenvalue weighted by atomic mass is 16.4. The van der Waals surface area contributed by atoms with Gasteiger partial charge in [-0.25, -0.2) is 0 Å². The molecule has 3 N–H and O–H groups in total. The van der Waals surface area contributed by atoms with Crippen LogP contribution in [0.5, 0.6) is 0 Å². The number of carbonyl (C=O) groups is 2. The molecule has 1 amide bonds. The highest BCUT2D eigenvalue weighted by Crippen LogP contribution is 2.14. The van der Waals surface area contributed by atoms with Crippen molar-refractivity contribution < 1.29 is 14.7 Å². The molecule has 1 rings (SSSR count). The van der Waals surface area contributed by atoms with Crippen molar-refractivity contribution in [3.05, 3.63) is 17.8 Å². The second-order valence-electron chi connectivity index (χ2n) is 4.43. The molecule has 0 saturated heterocycles. The number of hydrogen-bond acceptors (Lipinski definition) is 5. The zero-order valence-corrected chi connectivity index (χ0v) is 11.0. The zero-order valence-electron chi connectivity index (χ0n) is 11.0. The molecule has 0 radical (unpaired) electrons. The number of carbonyl (C=O) groups excluding carboxylic acids is 1. The van der Waals surface area contributed by atoms with Crippen molar-refractivity contribution in [1.29, 1.82) is 0 Å². The quantitative estimate of drug-likeness (QED) is 0.750. The normalized spacial score (nSPS) is 10.5. The van der Waals surface area contributed by atoms with Gasteiger partial charge < -0.3 is 15.7 Å². The zero-order chi connectivity index (χ0) is 14.4. The molecule has 0 unspecified atom stereocenters. The summed E-state index contributed by atoms with van der Waals surface area (Å²) in [6.07, 6.45) is 0.628. The maximum absolute atomic E-state index is 10.9. The van der Waals surface area contributed by atoms with Crippen LogP contribution in [0.2, 0.25) is 0 Å². The van der Waals surface area contributed by atoms with Crippen LogP contribution in [0, 0.1) is 0 Å². The topological polar surface area (TPSA) is 109 Å². The van der Waals surface area contributed by atoms with Crippen LogP contribution in [0.4, 0.5) is 5.82 Å². The van der Waals surface area contributed by atoms with E-state index in [4.69, 9.17) is 10.8 Å². The Labute approximate surface area is 111 Å². The van der Waals surface area contributed by atoms with Crippen molar-refractivity contribution in [3.8, 4) is 0 Å². The van der Waals surface area contributed by atoms with Gasteiger partial charge in [-0.1, -0.05) is 0 Å². The van der Waals surface area contributed by atoms with Gasteiger partial charge in [0.25, 0.3) is 5.91 Å². The summed E-state index contributed by atoms with van der Waals surface area (Å²) in [6.45, 7) is 4.52. The molecule has 19 heavy (non-hydrogen) atoms. The number of amides is 1. The van der Waals surface area contributed by atoms with E-state index in [0.717, 1.165) is 0 Å². The number of rotatable bonds is 7. The fraction of sp³-hybridized carbons (Fsp3) is 0.500. The number of aliphatic carboxylic acids is 1. The van der Waals surface area contributed by atoms with Crippen molar-refractivity contribution in [2.45, 2.75) is 32.7 Å². The highest BCUT2D eigenvalue weighted by Gasteiger charge is 2.13. The molecule has 0 aromatic carbocycles. The minimum Gasteiger partial charge on any atom is -0.481 e. The van der Waals surface area contributed by atoms with Gasteiger partial charge in [-0.05, 0) is 32.4 Å². The molecule has 0 fully saturated rings. The van der Waals surface area contributed by atoms with E-state index in [0.29, 0.717) is 18.8 Å². The van der Waals surface area contributed by atoms with E-state index in [2.05, 4.69) is 10.2 Å². The first kappa shape index (κ1) is 14.9. The standard InChI is InChI=1S/C12H18N4O3/c1-8(2)16(7-3-4-11(17)18)10-6-5-9(12(13)19)14-15-10/h5-6,8H,3-4,7H2,1-2H3,(H2,13,19)(H,17,18). The minimum absolute atomic E-state index is 0.107. The molecule has 0 bridgehead atoms. The third-order valence-electron chi connectivity index (χ3n) is 2.61. The van der Waals surface area contributed by atoms with E-state index in [1.807, 2.05) is 18.7 Å². The van der Waals surface area contributed by atoms with Crippen LogP contribution in [0.3, 0.4) is 0 Å². The fourth-order valence-corrected chi connectivity index (χ4v) is 1.65. The molecule has 7 nitrogen and oxygen atoms in total. The molecule has 0 aliphatic carbocycles. The number of anilines is 1. The Morgan fingerprint density at radius 2 is 2.05 bits per heavy atom. The Morgan fingerprint density at radius 3 is 2.47 bits per heavy atom. The summed E-state index contributed by atoms with van der Waals surface area (Å²) >= 11 is 0. The number of nitrogens with two attached hydrogens (primary N) is 1. The molecule has 1 aromatic heterocycles. The van der Waals surface area contributed by atoms with E-state index >= 15 is 0 Å². The van der Waals surface area contributed by atoms with E-state index < -0.39 is 11.9 Å². The predicted octanol–water partition coefficient (Wildman–Crippen LogP) is 0.655. The Kier molecular flexibility index (Phi) is 5.23. The lowest BCUT2D eigenvalue weighted by atomic mass is 10.2. The van der Waals surface area contributed by atoms with Crippen LogP contribution >= 0.6 is 0 Å². The van der Waals surface area contributed by atoms with Crippen molar-refractivity contribution in [1.82, 2.24) is 10.2 Å². The number of aromatic nitrogens is 2. The van der Waals surface area contributed by atoms with Gasteiger partial charge in [-0.15, -0.1) is 10.2 Å². The van der Waals surface area contributed by atoms with Gasteiger partial charge in [0.15, 0.2) is 11.5 Å². The summed E-state index contributed by atoms with van der Waals surface area (Å²) in [7, 11) is 0. The van der Waals surface area contributed by atoms with Crippen LogP contribution in [0.25, 0.3) is 0 Å². The van der Waals surface area contributed by atoms with Gasteiger partial charge in [0.05, 0.1) is 0 Å². The van der Waals surface area contributed by atoms with Crippen molar-refractivity contribution >= 4 is 17.7 Å². The first-order valence-electron chi connectivity index (χ1n) is 6.03. The molecule has 1 heterocycles. The SMILES string of the molecule is CC(C)N(CCCC(=O)O)c1ccc(C(N)=O)nn1. The second kappa shape index (κ2) is 6.67. The first-order chi connectivity index (χ1) is 8.91. The molecule has 7 heteroatoms. The fourth-order valence-electron chi connectivity index (χ4n) is 1.65. The van der Waals surface area contributed by atoms with Crippen LogP contribution in [0.15, 0.2) is 12.1 Å². The van der Waals surface area contributed by atoms with E-state index in [1.54, 1.807) is 6.07 Å². The summed E-state index contributed by atoms with van der Waals surface area (Å²) in [5, 5.41) is 16.3. The van der Waals surface area contributed by atoms with Gasteiger partial charge in [-0.3, -0.25) is 9.59 Å². The average molecular weight is 266 g/mol. The number of nitrogens with zero attached hydrogens (tertiary/aromatic N) is 3. The summed E-state index contributed by atoms with van der Waals surface area (Å²) in [5.74, 6) is -0.842. The van der Waals surface area contributed by atoms with Crippen LogP contribution in [0.1, 0.15) is 37.2 Å². The maximum Gasteiger partial charge on any atom is 0.303 e. The molecule has 0 saturated carbocycles. The molecule has 1 aromatic rings. The molecular weight excluding hydrogens is 248 g/mol. The molecular formula is C12H18N4O3. The van der Waals surface area contributed by atoms with E-state index in [9.17, 15) is 9.59 Å². The van der Waals surface area contributed by atoms with Crippen LogP contribution in [-0.2, 0) is 4.79 Å². The second-order valence-corrected chi connectivity index (χ2v) is 4.43. The smallest absolute Gasteiger partial charge is 0.303 e. The predicted molar refractivity (Wildman–Crippen MR) is 69.9 cm³/mol. The van der Waals surface area contributed by atoms with Gasteiger partial charge >= 0.3 is 5.97 Å². The van der Waals surface area contributed by atoms with Crippen molar-refractivity contribution in [2.75, 3.05) is 11.4 Å². The summed E-state index contributed by atoms with van der Waals surface area (Å²) < 4.78 is 0. The summed E-state index contributed by atoms with van der Waals surface area (Å²) in [4.78, 5) is 23.3. The summed E-state index contributed by atoms with van der Waals surface area (Å²) in [6, 6.07) is 3.33. The van der Waals surface area contributed by atoms with Crippen molar-refractivity contribution in [2.24, 2.45) is 5.73 Å². The average Bonchev–Trinajstić information content (AvgIpc) is 2.34. The Bertz CT molecular complexity index is 445. The third kappa shape index (κ3) is 4.53. The summed E-state index contributed by atoms with van der Waals surface area (Å²) in [5.41, 5.74) is 5.20. The van der Waals surface area contributed by atoms with Gasteiger partial charge in [0.1, 0.15) is 0 Å². The molecule has 0 aliphatic heterocycles. The minimum atomic E-state index is -0.820. The lowest BCUT2D eigenvalue weighted by Gasteiger charge is -2.27. The Hall–Kier alpha value is -2.18. The van der Waals surface area contributed by atoms with Gasteiger partial charge in [-0.2, -0.15) is 0 Å². The molecule has 0 spiro atoms. The lowest BCUT2D eigenvalue weighted by molar-refractivity contribution is -0.137. The number of carboxylic acids is 1. The van der Waals surface area contributed by atoms with Crippen molar-refractivity contribution in [3.63, 3.8) is 0 Å². The Balaban J connectivity index is 2.75. The van der Waals surface area contributed by atoms with Gasteiger partial charge in [0.2, 0.25) is 0 Å². The maximum atomic E-state index is 10.9. The Morgan fingerprint density at radius 1 is 1.37 bits per heavy atom. The molecule has 0 atom stereocenters. The van der Waals surface area contributed by atoms with Crippen LogP contribution in [-0.4, -0.2) is 39.8 Å². The first-order valence-corrected chi connectivity index (χ1v) is 6.03. The highest BCUT2D eigenvalue weighted by molar-refractivity contribution is 5.90. The number of hydrogen-bond donors (Lipinski definition) is 2. The lowest BCUT2D eigenvalue weighted by Crippen LogP contribution is -2.33. The van der Waals surface area contributed by atoms with Crippen LogP contribution < -0.4 is 10.6 Å². The monoisotopic (exact) mass is 266 g/mol. The largest absolute Gasteiger partial charge is 0.481 e. The molecule has 104 valence electrons. The van der Waals surface area contributed by atoms with E-state index in [1.165, 1.54) is 6.07 Å². The molecule has 0 aliphatic rings. The number of carboxylic acid groups (broad SMARTS) is 1. The van der Waals surface area contributed by atoms with Gasteiger partial charge in [0, 0.05) is 19.0 Å². The number of primary amides is 1. The van der Waals surface area contributed by atoms with E-state index in [-0.39, 0.29) is 18.2 Å².